The summed E-state index contributed by atoms with van der Waals surface area (Å²) in [4.78, 5) is 14.0. The van der Waals surface area contributed by atoms with Crippen molar-refractivity contribution in [2.45, 2.75) is 39.7 Å². The first-order valence-corrected chi connectivity index (χ1v) is 7.75. The molecule has 0 spiro atoms. The Hall–Kier alpha value is -1.71. The van der Waals surface area contributed by atoms with Crippen LogP contribution in [0.2, 0.25) is 0 Å². The number of carbonyl (C=O) groups excluding carboxylic acids is 1. The van der Waals surface area contributed by atoms with E-state index in [4.69, 9.17) is 9.47 Å². The van der Waals surface area contributed by atoms with Crippen molar-refractivity contribution in [3.8, 4) is 5.75 Å². The van der Waals surface area contributed by atoms with Crippen LogP contribution in [0.3, 0.4) is 0 Å². The Morgan fingerprint density at radius 3 is 2.67 bits per heavy atom. The molecule has 0 amide bonds. The molecule has 1 aromatic carbocycles. The summed E-state index contributed by atoms with van der Waals surface area (Å²) in [7, 11) is 0. The highest BCUT2D eigenvalue weighted by Gasteiger charge is 2.25. The molecule has 0 bridgehead atoms. The summed E-state index contributed by atoms with van der Waals surface area (Å²) in [5, 5.41) is 0. The van der Waals surface area contributed by atoms with Gasteiger partial charge in [0.2, 0.25) is 0 Å². The van der Waals surface area contributed by atoms with Gasteiger partial charge in [0.15, 0.2) is 0 Å². The van der Waals surface area contributed by atoms with Crippen molar-refractivity contribution in [2.75, 3.05) is 24.6 Å². The highest BCUT2D eigenvalue weighted by Crippen LogP contribution is 2.27. The van der Waals surface area contributed by atoms with Gasteiger partial charge < -0.3 is 14.4 Å². The monoisotopic (exact) mass is 291 g/mol. The quantitative estimate of drug-likeness (QED) is 0.754. The summed E-state index contributed by atoms with van der Waals surface area (Å²) in [6.07, 6.45) is 1.53. The average Bonchev–Trinajstić information content (AvgIpc) is 2.87. The Kier molecular flexibility index (Phi) is 5.48. The smallest absolute Gasteiger partial charge is 0.306 e. The minimum Gasteiger partial charge on any atom is -0.494 e. The fourth-order valence-electron chi connectivity index (χ4n) is 2.70. The largest absolute Gasteiger partial charge is 0.494 e. The first kappa shape index (κ1) is 15.7. The number of hydrogen-bond acceptors (Lipinski definition) is 4. The zero-order chi connectivity index (χ0) is 15.2. The number of hydrogen-bond donors (Lipinski definition) is 0. The molecule has 1 saturated heterocycles. The van der Waals surface area contributed by atoms with E-state index in [1.54, 1.807) is 0 Å². The van der Waals surface area contributed by atoms with Crippen molar-refractivity contribution in [2.24, 2.45) is 5.92 Å². The van der Waals surface area contributed by atoms with Crippen LogP contribution < -0.4 is 9.64 Å². The number of esters is 1. The van der Waals surface area contributed by atoms with Crippen LogP contribution in [-0.4, -0.2) is 31.8 Å². The Bertz CT molecular complexity index is 456. The molecule has 1 atom stereocenters. The third-order valence-corrected chi connectivity index (χ3v) is 3.62. The van der Waals surface area contributed by atoms with Gasteiger partial charge in [-0.3, -0.25) is 4.79 Å². The molecule has 116 valence electrons. The van der Waals surface area contributed by atoms with Crippen LogP contribution in [0.5, 0.6) is 5.75 Å². The van der Waals surface area contributed by atoms with Gasteiger partial charge in [-0.25, -0.2) is 0 Å². The van der Waals surface area contributed by atoms with Crippen molar-refractivity contribution in [3.05, 3.63) is 24.3 Å². The SMILES string of the molecule is CCOc1ccc(N2CCC(CC(=O)OC(C)C)C2)cc1. The second kappa shape index (κ2) is 7.34. The summed E-state index contributed by atoms with van der Waals surface area (Å²) in [5.74, 6) is 1.21. The lowest BCUT2D eigenvalue weighted by molar-refractivity contribution is -0.148. The van der Waals surface area contributed by atoms with Gasteiger partial charge >= 0.3 is 5.97 Å². The Balaban J connectivity index is 1.85. The van der Waals surface area contributed by atoms with Gasteiger partial charge in [0.1, 0.15) is 5.75 Å². The average molecular weight is 291 g/mol. The molecule has 0 N–H and O–H groups in total. The molecule has 4 nitrogen and oxygen atoms in total. The van der Waals surface area contributed by atoms with Gasteiger partial charge in [-0.1, -0.05) is 0 Å². The summed E-state index contributed by atoms with van der Waals surface area (Å²) in [6.45, 7) is 8.35. The third-order valence-electron chi connectivity index (χ3n) is 3.62. The molecule has 21 heavy (non-hydrogen) atoms. The van der Waals surface area contributed by atoms with Crippen LogP contribution in [0.4, 0.5) is 5.69 Å². The molecular weight excluding hydrogens is 266 g/mol. The molecule has 1 aliphatic heterocycles. The molecule has 2 rings (SSSR count). The number of benzene rings is 1. The highest BCUT2D eigenvalue weighted by molar-refractivity contribution is 5.70. The van der Waals surface area contributed by atoms with Gasteiger partial charge in [-0.2, -0.15) is 0 Å². The number of ether oxygens (including phenoxy) is 2. The fourth-order valence-corrected chi connectivity index (χ4v) is 2.70. The van der Waals surface area contributed by atoms with Crippen LogP contribution in [0, 0.1) is 5.92 Å². The van der Waals surface area contributed by atoms with Crippen molar-refractivity contribution in [1.29, 1.82) is 0 Å². The molecule has 0 saturated carbocycles. The summed E-state index contributed by atoms with van der Waals surface area (Å²) >= 11 is 0. The third kappa shape index (κ3) is 4.66. The molecule has 1 heterocycles. The molecule has 1 unspecified atom stereocenters. The Morgan fingerprint density at radius 2 is 2.05 bits per heavy atom. The van der Waals surface area contributed by atoms with E-state index in [1.165, 1.54) is 5.69 Å². The summed E-state index contributed by atoms with van der Waals surface area (Å²) in [5.41, 5.74) is 1.19. The van der Waals surface area contributed by atoms with E-state index in [2.05, 4.69) is 17.0 Å². The van der Waals surface area contributed by atoms with Crippen LogP contribution in [0.25, 0.3) is 0 Å². The molecule has 0 aliphatic carbocycles. The number of rotatable bonds is 6. The minimum absolute atomic E-state index is 0.0267. The van der Waals surface area contributed by atoms with E-state index in [1.807, 2.05) is 32.9 Å². The molecule has 4 heteroatoms. The predicted molar refractivity (Wildman–Crippen MR) is 83.8 cm³/mol. The second-order valence-corrected chi connectivity index (χ2v) is 5.77. The van der Waals surface area contributed by atoms with E-state index in [-0.39, 0.29) is 12.1 Å². The van der Waals surface area contributed by atoms with Gasteiger partial charge in [0.05, 0.1) is 19.1 Å². The van der Waals surface area contributed by atoms with Gasteiger partial charge in [0, 0.05) is 18.8 Å². The molecule has 1 fully saturated rings. The van der Waals surface area contributed by atoms with E-state index >= 15 is 0 Å². The number of nitrogens with zero attached hydrogens (tertiary/aromatic N) is 1. The van der Waals surface area contributed by atoms with Crippen LogP contribution in [-0.2, 0) is 9.53 Å². The van der Waals surface area contributed by atoms with Crippen molar-refractivity contribution < 1.29 is 14.3 Å². The van der Waals surface area contributed by atoms with Crippen molar-refractivity contribution in [3.63, 3.8) is 0 Å². The number of anilines is 1. The topological polar surface area (TPSA) is 38.8 Å². The zero-order valence-electron chi connectivity index (χ0n) is 13.2. The standard InChI is InChI=1S/C17H25NO3/c1-4-20-16-7-5-15(6-8-16)18-10-9-14(12-18)11-17(19)21-13(2)3/h5-8,13-14H,4,9-12H2,1-3H3. The maximum atomic E-state index is 11.7. The van der Waals surface area contributed by atoms with E-state index in [0.717, 1.165) is 25.3 Å². The lowest BCUT2D eigenvalue weighted by Crippen LogP contribution is -2.21. The number of carbonyl (C=O) groups is 1. The maximum Gasteiger partial charge on any atom is 0.306 e. The first-order valence-electron chi connectivity index (χ1n) is 7.75. The van der Waals surface area contributed by atoms with E-state index < -0.39 is 0 Å². The molecule has 0 radical (unpaired) electrons. The normalized spacial score (nSPS) is 18.1. The highest BCUT2D eigenvalue weighted by atomic mass is 16.5. The molecular formula is C17H25NO3. The fraction of sp³-hybridized carbons (Fsp3) is 0.588. The Labute approximate surface area is 127 Å². The molecule has 1 aromatic rings. The van der Waals surface area contributed by atoms with Gasteiger partial charge in [-0.05, 0) is 57.4 Å². The van der Waals surface area contributed by atoms with E-state index in [9.17, 15) is 4.79 Å². The lowest BCUT2D eigenvalue weighted by Gasteiger charge is -2.19. The van der Waals surface area contributed by atoms with Crippen molar-refractivity contribution >= 4 is 11.7 Å². The predicted octanol–water partition coefficient (Wildman–Crippen LogP) is 3.25. The van der Waals surface area contributed by atoms with Gasteiger partial charge in [0.25, 0.3) is 0 Å². The van der Waals surface area contributed by atoms with Crippen molar-refractivity contribution in [1.82, 2.24) is 0 Å². The van der Waals surface area contributed by atoms with Crippen LogP contribution in [0.15, 0.2) is 24.3 Å². The molecule has 1 aliphatic rings. The Morgan fingerprint density at radius 1 is 1.33 bits per heavy atom. The maximum absolute atomic E-state index is 11.7. The zero-order valence-corrected chi connectivity index (χ0v) is 13.2. The first-order chi connectivity index (χ1) is 10.1. The summed E-state index contributed by atoms with van der Waals surface area (Å²) < 4.78 is 10.7. The second-order valence-electron chi connectivity index (χ2n) is 5.77. The summed E-state index contributed by atoms with van der Waals surface area (Å²) in [6, 6.07) is 8.16. The molecule has 0 aromatic heterocycles. The minimum atomic E-state index is -0.0801. The van der Waals surface area contributed by atoms with E-state index in [0.29, 0.717) is 18.9 Å². The van der Waals surface area contributed by atoms with Gasteiger partial charge in [-0.15, -0.1) is 0 Å². The lowest BCUT2D eigenvalue weighted by atomic mass is 10.1. The van der Waals surface area contributed by atoms with Crippen LogP contribution >= 0.6 is 0 Å². The van der Waals surface area contributed by atoms with Crippen LogP contribution in [0.1, 0.15) is 33.6 Å².